The van der Waals surface area contributed by atoms with E-state index in [0.29, 0.717) is 5.02 Å². The summed E-state index contributed by atoms with van der Waals surface area (Å²) in [5.74, 6) is 0. The van der Waals surface area contributed by atoms with E-state index in [1.165, 1.54) is 0 Å². The number of imidazole rings is 1. The van der Waals surface area contributed by atoms with Gasteiger partial charge in [0.1, 0.15) is 0 Å². The molecule has 0 saturated carbocycles. The number of nitrogens with two attached hydrogens (primary N) is 1. The first-order chi connectivity index (χ1) is 9.54. The van der Waals surface area contributed by atoms with E-state index in [1.54, 1.807) is 0 Å². The van der Waals surface area contributed by atoms with Crippen molar-refractivity contribution in [2.75, 3.05) is 0 Å². The van der Waals surface area contributed by atoms with E-state index >= 15 is 0 Å². The number of rotatable bonds is 2. The number of benzene rings is 2. The largest absolute Gasteiger partial charge is 0.323 e. The molecule has 4 nitrogen and oxygen atoms in total. The maximum absolute atomic E-state index is 11.3. The summed E-state index contributed by atoms with van der Waals surface area (Å²) < 4.78 is 1.06. The Morgan fingerprint density at radius 1 is 1.10 bits per heavy atom. The van der Waals surface area contributed by atoms with Gasteiger partial charge in [0.25, 0.3) is 0 Å². The zero-order chi connectivity index (χ0) is 14.3. The normalized spacial score (nSPS) is 12.8. The van der Waals surface area contributed by atoms with Gasteiger partial charge in [0, 0.05) is 8.59 Å². The minimum atomic E-state index is -0.289. The van der Waals surface area contributed by atoms with Gasteiger partial charge in [-0.25, -0.2) is 4.79 Å². The van der Waals surface area contributed by atoms with Crippen molar-refractivity contribution in [3.05, 3.63) is 66.6 Å². The van der Waals surface area contributed by atoms with Crippen molar-refractivity contribution in [1.82, 2.24) is 9.97 Å². The van der Waals surface area contributed by atoms with Gasteiger partial charge >= 0.3 is 5.69 Å². The Kier molecular flexibility index (Phi) is 3.57. The van der Waals surface area contributed by atoms with Crippen molar-refractivity contribution in [2.45, 2.75) is 6.04 Å². The van der Waals surface area contributed by atoms with Crippen LogP contribution < -0.4 is 11.4 Å². The number of halogens is 2. The fourth-order valence-corrected chi connectivity index (χ4v) is 3.03. The Morgan fingerprint density at radius 3 is 2.65 bits per heavy atom. The SMILES string of the molecule is NC(c1ccc2[nH]c(=O)[nH]c2c1)c1cc(Cl)ccc1I. The molecular formula is C14H11ClIN3O. The summed E-state index contributed by atoms with van der Waals surface area (Å²) in [5, 5.41) is 0.659. The number of nitrogens with one attached hydrogen (secondary N) is 2. The van der Waals surface area contributed by atoms with Crippen LogP contribution in [0.3, 0.4) is 0 Å². The van der Waals surface area contributed by atoms with E-state index < -0.39 is 0 Å². The average molecular weight is 400 g/mol. The second-order valence-corrected chi connectivity index (χ2v) is 6.13. The summed E-state index contributed by atoms with van der Waals surface area (Å²) in [4.78, 5) is 16.7. The van der Waals surface area contributed by atoms with Crippen LogP contribution in [0, 0.1) is 3.57 Å². The van der Waals surface area contributed by atoms with E-state index in [1.807, 2.05) is 36.4 Å². The molecular weight excluding hydrogens is 389 g/mol. The van der Waals surface area contributed by atoms with Crippen molar-refractivity contribution < 1.29 is 0 Å². The zero-order valence-corrected chi connectivity index (χ0v) is 13.2. The molecule has 0 amide bonds. The molecule has 102 valence electrons. The molecule has 0 fully saturated rings. The fourth-order valence-electron chi connectivity index (χ4n) is 2.18. The molecule has 0 aliphatic rings. The fraction of sp³-hybridized carbons (Fsp3) is 0.0714. The molecule has 0 radical (unpaired) electrons. The molecule has 1 aromatic heterocycles. The third kappa shape index (κ3) is 2.48. The van der Waals surface area contributed by atoms with Crippen molar-refractivity contribution in [3.63, 3.8) is 0 Å². The Balaban J connectivity index is 2.09. The van der Waals surface area contributed by atoms with Gasteiger partial charge in [-0.1, -0.05) is 17.7 Å². The smallest absolute Gasteiger partial charge is 0.320 e. The number of hydrogen-bond donors (Lipinski definition) is 3. The van der Waals surface area contributed by atoms with Gasteiger partial charge < -0.3 is 15.7 Å². The Labute approximate surface area is 133 Å². The van der Waals surface area contributed by atoms with Crippen LogP contribution in [0.2, 0.25) is 5.02 Å². The predicted molar refractivity (Wildman–Crippen MR) is 89.1 cm³/mol. The second kappa shape index (κ2) is 5.23. The molecule has 1 unspecified atom stereocenters. The number of fused-ring (bicyclic) bond motifs is 1. The second-order valence-electron chi connectivity index (χ2n) is 4.53. The van der Waals surface area contributed by atoms with Gasteiger partial charge in [0.15, 0.2) is 0 Å². The van der Waals surface area contributed by atoms with Gasteiger partial charge in [-0.3, -0.25) is 0 Å². The highest BCUT2D eigenvalue weighted by molar-refractivity contribution is 14.1. The number of H-pyrrole nitrogens is 2. The van der Waals surface area contributed by atoms with Gasteiger partial charge in [-0.2, -0.15) is 0 Å². The lowest BCUT2D eigenvalue weighted by Crippen LogP contribution is -2.13. The lowest BCUT2D eigenvalue weighted by molar-refractivity contribution is 0.867. The topological polar surface area (TPSA) is 74.7 Å². The first-order valence-corrected chi connectivity index (χ1v) is 7.43. The van der Waals surface area contributed by atoms with Crippen LogP contribution in [-0.4, -0.2) is 9.97 Å². The molecule has 0 bridgehead atoms. The number of aromatic nitrogens is 2. The van der Waals surface area contributed by atoms with Gasteiger partial charge in [-0.15, -0.1) is 0 Å². The molecule has 0 aliphatic heterocycles. The standard InChI is InChI=1S/C14H11ClIN3O/c15-8-2-3-10(16)9(6-8)13(17)7-1-4-11-12(5-7)19-14(20)18-11/h1-6,13H,17H2,(H2,18,19,20). The minimum absolute atomic E-state index is 0.219. The third-order valence-corrected chi connectivity index (χ3v) is 4.41. The van der Waals surface area contributed by atoms with E-state index in [9.17, 15) is 4.79 Å². The minimum Gasteiger partial charge on any atom is -0.320 e. The van der Waals surface area contributed by atoms with E-state index in [2.05, 4.69) is 32.6 Å². The van der Waals surface area contributed by atoms with Gasteiger partial charge in [-0.05, 0) is 64.0 Å². The van der Waals surface area contributed by atoms with Crippen molar-refractivity contribution in [2.24, 2.45) is 5.73 Å². The lowest BCUT2D eigenvalue weighted by atomic mass is 9.99. The molecule has 20 heavy (non-hydrogen) atoms. The molecule has 0 aliphatic carbocycles. The van der Waals surface area contributed by atoms with Crippen molar-refractivity contribution in [3.8, 4) is 0 Å². The quantitative estimate of drug-likeness (QED) is 0.579. The number of hydrogen-bond acceptors (Lipinski definition) is 2. The summed E-state index contributed by atoms with van der Waals surface area (Å²) in [7, 11) is 0. The van der Waals surface area contributed by atoms with Gasteiger partial charge in [0.2, 0.25) is 0 Å². The first kappa shape index (κ1) is 13.7. The molecule has 0 spiro atoms. The molecule has 0 saturated heterocycles. The highest BCUT2D eigenvalue weighted by Crippen LogP contribution is 2.28. The van der Waals surface area contributed by atoms with Crippen molar-refractivity contribution in [1.29, 1.82) is 0 Å². The zero-order valence-electron chi connectivity index (χ0n) is 10.3. The van der Waals surface area contributed by atoms with Crippen LogP contribution in [0.15, 0.2) is 41.2 Å². The molecule has 6 heteroatoms. The van der Waals surface area contributed by atoms with Crippen LogP contribution >= 0.6 is 34.2 Å². The Hall–Kier alpha value is -1.31. The van der Waals surface area contributed by atoms with Crippen LogP contribution in [0.1, 0.15) is 17.2 Å². The molecule has 1 heterocycles. The highest BCUT2D eigenvalue weighted by atomic mass is 127. The van der Waals surface area contributed by atoms with E-state index in [4.69, 9.17) is 17.3 Å². The van der Waals surface area contributed by atoms with Gasteiger partial charge in [0.05, 0.1) is 17.1 Å². The maximum atomic E-state index is 11.3. The summed E-state index contributed by atoms with van der Waals surface area (Å²) in [5.41, 5.74) is 9.51. The number of aromatic amines is 2. The molecule has 3 aromatic rings. The van der Waals surface area contributed by atoms with Crippen LogP contribution in [0.5, 0.6) is 0 Å². The van der Waals surface area contributed by atoms with Crippen molar-refractivity contribution >= 4 is 45.2 Å². The molecule has 3 rings (SSSR count). The Bertz CT molecular complexity index is 840. The molecule has 4 N–H and O–H groups in total. The highest BCUT2D eigenvalue weighted by Gasteiger charge is 2.13. The Morgan fingerprint density at radius 2 is 1.85 bits per heavy atom. The van der Waals surface area contributed by atoms with E-state index in [0.717, 1.165) is 25.7 Å². The van der Waals surface area contributed by atoms with Crippen LogP contribution in [0.4, 0.5) is 0 Å². The predicted octanol–water partition coefficient (Wildman–Crippen LogP) is 3.16. The maximum Gasteiger partial charge on any atom is 0.323 e. The van der Waals surface area contributed by atoms with Crippen LogP contribution in [-0.2, 0) is 0 Å². The average Bonchev–Trinajstić information content (AvgIpc) is 2.79. The summed E-state index contributed by atoms with van der Waals surface area (Å²) >= 11 is 8.27. The molecule has 1 atom stereocenters. The molecule has 2 aromatic carbocycles. The van der Waals surface area contributed by atoms with Crippen LogP contribution in [0.25, 0.3) is 11.0 Å². The summed E-state index contributed by atoms with van der Waals surface area (Å²) in [6.07, 6.45) is 0. The first-order valence-electron chi connectivity index (χ1n) is 5.97. The summed E-state index contributed by atoms with van der Waals surface area (Å²) in [6.45, 7) is 0. The monoisotopic (exact) mass is 399 g/mol. The third-order valence-electron chi connectivity index (χ3n) is 3.19. The lowest BCUT2D eigenvalue weighted by Gasteiger charge is -2.15. The van der Waals surface area contributed by atoms with E-state index in [-0.39, 0.29) is 11.7 Å². The summed E-state index contributed by atoms with van der Waals surface area (Å²) in [6, 6.07) is 11.0.